The van der Waals surface area contributed by atoms with Crippen LogP contribution in [0, 0.1) is 17.5 Å². The average molecular weight is 399 g/mol. The van der Waals surface area contributed by atoms with E-state index in [1.807, 2.05) is 11.6 Å². The van der Waals surface area contributed by atoms with Crippen LogP contribution in [0.3, 0.4) is 0 Å². The smallest absolute Gasteiger partial charge is 0.342 e. The lowest BCUT2D eigenvalue weighted by atomic mass is 10.2. The van der Waals surface area contributed by atoms with Gasteiger partial charge in [0, 0.05) is 4.90 Å². The molecule has 0 aliphatic heterocycles. The van der Waals surface area contributed by atoms with Gasteiger partial charge < -0.3 is 14.8 Å². The van der Waals surface area contributed by atoms with Crippen LogP contribution in [-0.4, -0.2) is 31.3 Å². The molecule has 0 bridgehead atoms. The summed E-state index contributed by atoms with van der Waals surface area (Å²) in [5.74, 6) is -6.11. The number of hydrogen-bond acceptors (Lipinski definition) is 5. The molecule has 0 saturated carbocycles. The molecule has 144 valence electrons. The second-order valence-corrected chi connectivity index (χ2v) is 6.21. The number of carbonyl (C=O) groups excluding carboxylic acids is 2. The maximum Gasteiger partial charge on any atom is 0.342 e. The van der Waals surface area contributed by atoms with E-state index >= 15 is 0 Å². The summed E-state index contributed by atoms with van der Waals surface area (Å²) in [5, 5.41) is 2.05. The summed E-state index contributed by atoms with van der Waals surface area (Å²) in [5.41, 5.74) is -0.460. The van der Waals surface area contributed by atoms with Gasteiger partial charge >= 0.3 is 5.97 Å². The van der Waals surface area contributed by atoms with Crippen LogP contribution < -0.4 is 10.1 Å². The molecule has 5 nitrogen and oxygen atoms in total. The molecule has 27 heavy (non-hydrogen) atoms. The van der Waals surface area contributed by atoms with Crippen LogP contribution in [-0.2, 0) is 9.53 Å². The van der Waals surface area contributed by atoms with Crippen LogP contribution in [0.15, 0.2) is 35.2 Å². The first-order valence-corrected chi connectivity index (χ1v) is 8.88. The third kappa shape index (κ3) is 4.73. The Hall–Kier alpha value is -2.68. The van der Waals surface area contributed by atoms with Crippen molar-refractivity contribution in [3.63, 3.8) is 0 Å². The average Bonchev–Trinajstić information content (AvgIpc) is 2.67. The number of anilines is 1. The van der Waals surface area contributed by atoms with E-state index in [0.29, 0.717) is 6.07 Å². The van der Waals surface area contributed by atoms with Crippen molar-refractivity contribution in [1.29, 1.82) is 0 Å². The van der Waals surface area contributed by atoms with Crippen LogP contribution in [0.2, 0.25) is 0 Å². The SMILES string of the molecule is COc1cc(SC)ccc1C(=O)O[C@H](C)C(=O)Nc1ccc(F)c(F)c1F. The van der Waals surface area contributed by atoms with E-state index in [1.165, 1.54) is 31.9 Å². The van der Waals surface area contributed by atoms with Gasteiger partial charge in [-0.3, -0.25) is 4.79 Å². The van der Waals surface area contributed by atoms with Gasteiger partial charge in [-0.2, -0.15) is 0 Å². The summed E-state index contributed by atoms with van der Waals surface area (Å²) in [7, 11) is 1.39. The predicted molar refractivity (Wildman–Crippen MR) is 94.6 cm³/mol. The number of nitrogens with one attached hydrogen (secondary N) is 1. The van der Waals surface area contributed by atoms with Crippen molar-refractivity contribution in [2.45, 2.75) is 17.9 Å². The van der Waals surface area contributed by atoms with Crippen molar-refractivity contribution < 1.29 is 32.2 Å². The summed E-state index contributed by atoms with van der Waals surface area (Å²) in [4.78, 5) is 25.2. The number of halogens is 3. The van der Waals surface area contributed by atoms with E-state index in [-0.39, 0.29) is 11.3 Å². The van der Waals surface area contributed by atoms with Gasteiger partial charge in [-0.25, -0.2) is 18.0 Å². The minimum absolute atomic E-state index is 0.106. The van der Waals surface area contributed by atoms with E-state index in [4.69, 9.17) is 9.47 Å². The Morgan fingerprint density at radius 1 is 1.11 bits per heavy atom. The Morgan fingerprint density at radius 3 is 2.44 bits per heavy atom. The highest BCUT2D eigenvalue weighted by Crippen LogP contribution is 2.26. The van der Waals surface area contributed by atoms with Crippen LogP contribution >= 0.6 is 11.8 Å². The predicted octanol–water partition coefficient (Wildman–Crippen LogP) is 4.02. The highest BCUT2D eigenvalue weighted by Gasteiger charge is 2.23. The third-order valence-electron chi connectivity index (χ3n) is 3.57. The van der Waals surface area contributed by atoms with Crippen molar-refractivity contribution >= 4 is 29.3 Å². The van der Waals surface area contributed by atoms with Crippen LogP contribution in [0.25, 0.3) is 0 Å². The van der Waals surface area contributed by atoms with E-state index in [1.54, 1.807) is 12.1 Å². The number of rotatable bonds is 6. The van der Waals surface area contributed by atoms with Crippen LogP contribution in [0.4, 0.5) is 18.9 Å². The lowest BCUT2D eigenvalue weighted by Gasteiger charge is -2.15. The maximum atomic E-state index is 13.6. The summed E-state index contributed by atoms with van der Waals surface area (Å²) in [6.07, 6.45) is 0.534. The molecule has 2 rings (SSSR count). The molecule has 1 atom stereocenters. The fourth-order valence-electron chi connectivity index (χ4n) is 2.10. The van der Waals surface area contributed by atoms with Crippen molar-refractivity contribution in [2.75, 3.05) is 18.7 Å². The summed E-state index contributed by atoms with van der Waals surface area (Å²) < 4.78 is 50.0. The molecule has 1 amide bonds. The number of amides is 1. The monoisotopic (exact) mass is 399 g/mol. The summed E-state index contributed by atoms with van der Waals surface area (Å²) in [6, 6.07) is 6.35. The lowest BCUT2D eigenvalue weighted by Crippen LogP contribution is -2.30. The zero-order valence-corrected chi connectivity index (χ0v) is 15.5. The van der Waals surface area contributed by atoms with E-state index in [2.05, 4.69) is 0 Å². The van der Waals surface area contributed by atoms with Gasteiger partial charge in [0.05, 0.1) is 12.8 Å². The van der Waals surface area contributed by atoms with Crippen molar-refractivity contribution in [2.24, 2.45) is 0 Å². The largest absolute Gasteiger partial charge is 0.496 e. The molecule has 0 aliphatic carbocycles. The van der Waals surface area contributed by atoms with Crippen LogP contribution in [0.5, 0.6) is 5.75 Å². The number of methoxy groups -OCH3 is 1. The zero-order valence-electron chi connectivity index (χ0n) is 14.6. The normalized spacial score (nSPS) is 11.6. The Balaban J connectivity index is 2.10. The fourth-order valence-corrected chi connectivity index (χ4v) is 2.53. The Kier molecular flexibility index (Phi) is 6.73. The third-order valence-corrected chi connectivity index (χ3v) is 4.30. The highest BCUT2D eigenvalue weighted by molar-refractivity contribution is 7.98. The molecule has 2 aromatic rings. The topological polar surface area (TPSA) is 64.6 Å². The first-order chi connectivity index (χ1) is 12.8. The van der Waals surface area contributed by atoms with Crippen molar-refractivity contribution in [3.05, 3.63) is 53.3 Å². The fraction of sp³-hybridized carbons (Fsp3) is 0.222. The molecule has 0 heterocycles. The summed E-state index contributed by atoms with van der Waals surface area (Å²) >= 11 is 1.45. The molecule has 2 aromatic carbocycles. The van der Waals surface area contributed by atoms with Gasteiger partial charge in [-0.15, -0.1) is 11.8 Å². The number of benzene rings is 2. The summed E-state index contributed by atoms with van der Waals surface area (Å²) in [6.45, 7) is 1.26. The van der Waals surface area contributed by atoms with Gasteiger partial charge in [-0.05, 0) is 43.5 Å². The van der Waals surface area contributed by atoms with E-state index in [9.17, 15) is 22.8 Å². The molecule has 0 aromatic heterocycles. The number of thioether (sulfide) groups is 1. The van der Waals surface area contributed by atoms with Gasteiger partial charge in [0.2, 0.25) is 0 Å². The van der Waals surface area contributed by atoms with Gasteiger partial charge in [0.15, 0.2) is 23.6 Å². The highest BCUT2D eigenvalue weighted by atomic mass is 32.2. The molecule has 0 saturated heterocycles. The molecule has 0 radical (unpaired) electrons. The van der Waals surface area contributed by atoms with Crippen molar-refractivity contribution in [3.8, 4) is 5.75 Å². The standard InChI is InChI=1S/C18H16F3NO4S/c1-9(17(23)22-13-7-6-12(19)15(20)16(13)21)26-18(24)11-5-4-10(27-3)8-14(11)25-2/h4-9H,1-3H3,(H,22,23)/t9-/m1/s1. The van der Waals surface area contributed by atoms with Gasteiger partial charge in [-0.1, -0.05) is 0 Å². The molecule has 0 fully saturated rings. The lowest BCUT2D eigenvalue weighted by molar-refractivity contribution is -0.123. The Labute approximate surface area is 157 Å². The van der Waals surface area contributed by atoms with E-state index in [0.717, 1.165) is 11.0 Å². The molecule has 9 heteroatoms. The Morgan fingerprint density at radius 2 is 1.81 bits per heavy atom. The molecular weight excluding hydrogens is 383 g/mol. The number of ether oxygens (including phenoxy) is 2. The second-order valence-electron chi connectivity index (χ2n) is 5.33. The van der Waals surface area contributed by atoms with Crippen molar-refractivity contribution in [1.82, 2.24) is 0 Å². The first kappa shape index (κ1) is 20.6. The molecule has 1 N–H and O–H groups in total. The quantitative estimate of drug-likeness (QED) is 0.452. The van der Waals surface area contributed by atoms with Gasteiger partial charge in [0.1, 0.15) is 11.3 Å². The number of carbonyl (C=O) groups is 2. The minimum Gasteiger partial charge on any atom is -0.496 e. The zero-order chi connectivity index (χ0) is 20.1. The number of esters is 1. The maximum absolute atomic E-state index is 13.6. The molecule has 0 aliphatic rings. The van der Waals surface area contributed by atoms with Gasteiger partial charge in [0.25, 0.3) is 5.91 Å². The Bertz CT molecular complexity index is 876. The van der Waals surface area contributed by atoms with Crippen LogP contribution in [0.1, 0.15) is 17.3 Å². The molecule has 0 spiro atoms. The second kappa shape index (κ2) is 8.81. The minimum atomic E-state index is -1.71. The van der Waals surface area contributed by atoms with E-state index < -0.39 is 41.1 Å². The first-order valence-electron chi connectivity index (χ1n) is 7.65. The molecule has 0 unspecified atom stereocenters. The number of hydrogen-bond donors (Lipinski definition) is 1. The molecular formula is C18H16F3NO4S.